The second kappa shape index (κ2) is 19.1. The molecule has 83 heavy (non-hydrogen) atoms. The SMILES string of the molecule is C=C/C=C\C1=C(C)C2(c3ccccc31)c1ccccc1C1(c3ccccc3-c3c(-n4c5ccccc5c5cc(-c6cccc(N(c7ccc(-c8ccccc8)cc7)c7ccc(-c8ccccc8)cc7)c6)ccc54)cccc31)c1ccccc12. The zero-order chi connectivity index (χ0) is 55.2. The molecule has 1 aromatic heterocycles. The van der Waals surface area contributed by atoms with Crippen molar-refractivity contribution in [3.05, 3.63) is 366 Å². The number of rotatable bonds is 9. The van der Waals surface area contributed by atoms with Gasteiger partial charge in [0.15, 0.2) is 0 Å². The van der Waals surface area contributed by atoms with Crippen molar-refractivity contribution < 1.29 is 0 Å². The Morgan fingerprint density at radius 2 is 0.807 bits per heavy atom. The fourth-order valence-electron chi connectivity index (χ4n) is 14.9. The second-order valence-corrected chi connectivity index (χ2v) is 22.3. The van der Waals surface area contributed by atoms with Crippen LogP contribution in [0.5, 0.6) is 0 Å². The monoisotopic (exact) mass is 1060 g/mol. The normalized spacial score (nSPS) is 16.3. The lowest BCUT2D eigenvalue weighted by molar-refractivity contribution is 0.622. The van der Waals surface area contributed by atoms with E-state index < -0.39 is 10.8 Å². The van der Waals surface area contributed by atoms with E-state index in [1.807, 2.05) is 6.08 Å². The van der Waals surface area contributed by atoms with Crippen molar-refractivity contribution in [2.45, 2.75) is 17.8 Å². The average molecular weight is 1060 g/mol. The summed E-state index contributed by atoms with van der Waals surface area (Å²) in [6.45, 7) is 6.44. The van der Waals surface area contributed by atoms with Crippen LogP contribution in [0.4, 0.5) is 17.1 Å². The van der Waals surface area contributed by atoms with Gasteiger partial charge in [-0.2, -0.15) is 0 Å². The Morgan fingerprint density at radius 3 is 1.43 bits per heavy atom. The predicted molar refractivity (Wildman–Crippen MR) is 347 cm³/mol. The van der Waals surface area contributed by atoms with Crippen molar-refractivity contribution >= 4 is 44.4 Å². The topological polar surface area (TPSA) is 8.17 Å². The first-order valence-corrected chi connectivity index (χ1v) is 28.9. The van der Waals surface area contributed by atoms with Crippen LogP contribution < -0.4 is 4.90 Å². The first-order chi connectivity index (χ1) is 41.1. The van der Waals surface area contributed by atoms with Gasteiger partial charge in [-0.1, -0.05) is 255 Å². The van der Waals surface area contributed by atoms with Crippen molar-refractivity contribution in [2.75, 3.05) is 4.90 Å². The number of aromatic nitrogens is 1. The third kappa shape index (κ3) is 7.03. The number of hydrogen-bond acceptors (Lipinski definition) is 1. The number of allylic oxidation sites excluding steroid dienone is 5. The van der Waals surface area contributed by atoms with Crippen molar-refractivity contribution in [1.29, 1.82) is 0 Å². The Bertz CT molecular complexity index is 4670. The maximum absolute atomic E-state index is 4.07. The minimum Gasteiger partial charge on any atom is -0.310 e. The second-order valence-electron chi connectivity index (χ2n) is 22.3. The minimum absolute atomic E-state index is 0.504. The summed E-state index contributed by atoms with van der Waals surface area (Å²) in [6, 6.07) is 108. The van der Waals surface area contributed by atoms with Crippen LogP contribution in [0.1, 0.15) is 51.4 Å². The summed E-state index contributed by atoms with van der Waals surface area (Å²) in [7, 11) is 0. The molecule has 0 bridgehead atoms. The largest absolute Gasteiger partial charge is 0.310 e. The van der Waals surface area contributed by atoms with E-state index in [0.29, 0.717) is 0 Å². The molecule has 0 amide bonds. The number of nitrogens with zero attached hydrogens (tertiary/aromatic N) is 2. The van der Waals surface area contributed by atoms with Crippen molar-refractivity contribution in [3.8, 4) is 50.2 Å². The molecular weight excluding hydrogens is 1000 g/mol. The van der Waals surface area contributed by atoms with Gasteiger partial charge in [-0.25, -0.2) is 0 Å². The molecule has 0 radical (unpaired) electrons. The molecule has 0 fully saturated rings. The number of hydrogen-bond donors (Lipinski definition) is 0. The maximum atomic E-state index is 4.07. The van der Waals surface area contributed by atoms with Gasteiger partial charge in [0, 0.05) is 33.4 Å². The smallest absolute Gasteiger partial charge is 0.0720 e. The van der Waals surface area contributed by atoms with Gasteiger partial charge in [-0.15, -0.1) is 0 Å². The standard InChI is InChI=1S/C81H56N2/c1-3-4-29-64-54(2)80(69-33-14-11-30-65(64)69)71-35-16-18-37-73(71)81(74-38-19-17-36-72(74)80)70-34-15-12-32-67(70)79-75(81)39-22-41-78(79)83-76-40-20-13-31-66(76)68-53-60(46-51-77(68)83)59-27-21-28-63(52-59)82(61-47-42-57(43-48-61)55-23-7-5-8-24-55)62-49-44-58(45-50-62)56-25-9-6-10-26-56/h3-53H,1H2,2H3/b29-4-. The molecule has 3 aliphatic rings. The Hall–Kier alpha value is -10.5. The van der Waals surface area contributed by atoms with Crippen LogP contribution >= 0.6 is 0 Å². The van der Waals surface area contributed by atoms with Crippen LogP contribution in [0.25, 0.3) is 77.6 Å². The molecule has 0 saturated heterocycles. The molecule has 390 valence electrons. The van der Waals surface area contributed by atoms with E-state index in [0.717, 1.165) is 28.2 Å². The molecule has 0 atom stereocenters. The first-order valence-electron chi connectivity index (χ1n) is 28.9. The molecule has 2 spiro atoms. The summed E-state index contributed by atoms with van der Waals surface area (Å²) >= 11 is 0. The highest BCUT2D eigenvalue weighted by atomic mass is 15.1. The quantitative estimate of drug-likeness (QED) is 0.131. The molecule has 2 heteroatoms. The summed E-state index contributed by atoms with van der Waals surface area (Å²) in [5.74, 6) is 0. The van der Waals surface area contributed by atoms with Gasteiger partial charge in [-0.3, -0.25) is 0 Å². The summed E-state index contributed by atoms with van der Waals surface area (Å²) in [5, 5.41) is 2.43. The van der Waals surface area contributed by atoms with Crippen molar-refractivity contribution in [3.63, 3.8) is 0 Å². The minimum atomic E-state index is -0.603. The lowest BCUT2D eigenvalue weighted by atomic mass is 9.52. The Morgan fingerprint density at radius 1 is 0.349 bits per heavy atom. The van der Waals surface area contributed by atoms with E-state index in [4.69, 9.17) is 0 Å². The third-order valence-electron chi connectivity index (χ3n) is 18.3. The van der Waals surface area contributed by atoms with E-state index in [9.17, 15) is 0 Å². The van der Waals surface area contributed by atoms with Crippen molar-refractivity contribution in [1.82, 2.24) is 4.57 Å². The van der Waals surface area contributed by atoms with E-state index in [-0.39, 0.29) is 0 Å². The molecule has 2 nitrogen and oxygen atoms in total. The molecule has 0 N–H and O–H groups in total. The highest BCUT2D eigenvalue weighted by Gasteiger charge is 2.59. The number of para-hydroxylation sites is 1. The molecule has 12 aromatic carbocycles. The fraction of sp³-hybridized carbons (Fsp3) is 0.0370. The van der Waals surface area contributed by atoms with Gasteiger partial charge < -0.3 is 9.47 Å². The van der Waals surface area contributed by atoms with Crippen LogP contribution in [-0.4, -0.2) is 4.57 Å². The zero-order valence-corrected chi connectivity index (χ0v) is 46.0. The highest BCUT2D eigenvalue weighted by molar-refractivity contribution is 6.11. The number of fused-ring (bicyclic) bond motifs is 16. The summed E-state index contributed by atoms with van der Waals surface area (Å²) in [5.41, 5.74) is 28.4. The first kappa shape index (κ1) is 48.4. The van der Waals surface area contributed by atoms with Gasteiger partial charge in [-0.05, 0) is 162 Å². The highest BCUT2D eigenvalue weighted by Crippen LogP contribution is 2.67. The molecule has 16 rings (SSSR count). The van der Waals surface area contributed by atoms with Gasteiger partial charge in [0.25, 0.3) is 0 Å². The van der Waals surface area contributed by atoms with Gasteiger partial charge in [0.05, 0.1) is 27.6 Å². The average Bonchev–Trinajstić information content (AvgIpc) is 1.60. The molecule has 0 unspecified atom stereocenters. The molecule has 0 saturated carbocycles. The number of benzene rings is 12. The van der Waals surface area contributed by atoms with Crippen LogP contribution in [0.2, 0.25) is 0 Å². The summed E-state index contributed by atoms with van der Waals surface area (Å²) in [6.07, 6.45) is 6.24. The fourth-order valence-corrected chi connectivity index (χ4v) is 14.9. The lowest BCUT2D eigenvalue weighted by Gasteiger charge is -2.49. The summed E-state index contributed by atoms with van der Waals surface area (Å²) in [4.78, 5) is 2.38. The Kier molecular flexibility index (Phi) is 11.1. The van der Waals surface area contributed by atoms with E-state index in [1.54, 1.807) is 0 Å². The van der Waals surface area contributed by atoms with E-state index in [1.165, 1.54) is 117 Å². The zero-order valence-electron chi connectivity index (χ0n) is 46.0. The van der Waals surface area contributed by atoms with Gasteiger partial charge in [0.1, 0.15) is 0 Å². The van der Waals surface area contributed by atoms with Gasteiger partial charge in [0.2, 0.25) is 0 Å². The van der Waals surface area contributed by atoms with Crippen LogP contribution in [-0.2, 0) is 10.8 Å². The maximum Gasteiger partial charge on any atom is 0.0720 e. The summed E-state index contributed by atoms with van der Waals surface area (Å²) < 4.78 is 2.54. The molecule has 1 heterocycles. The third-order valence-corrected chi connectivity index (χ3v) is 18.3. The van der Waals surface area contributed by atoms with Crippen LogP contribution in [0, 0.1) is 0 Å². The molecule has 0 aliphatic heterocycles. The lowest BCUT2D eigenvalue weighted by Crippen LogP contribution is -2.43. The Labute approximate surface area is 485 Å². The van der Waals surface area contributed by atoms with Crippen LogP contribution in [0.15, 0.2) is 322 Å². The molecule has 3 aliphatic carbocycles. The van der Waals surface area contributed by atoms with E-state index >= 15 is 0 Å². The predicted octanol–water partition coefficient (Wildman–Crippen LogP) is 20.8. The van der Waals surface area contributed by atoms with Crippen molar-refractivity contribution in [2.24, 2.45) is 0 Å². The number of anilines is 3. The Balaban J connectivity index is 0.858. The van der Waals surface area contributed by atoms with Gasteiger partial charge >= 0.3 is 0 Å². The van der Waals surface area contributed by atoms with E-state index in [2.05, 4.69) is 326 Å². The van der Waals surface area contributed by atoms with Crippen LogP contribution in [0.3, 0.4) is 0 Å². The molecular formula is C81H56N2. The molecule has 13 aromatic rings.